The van der Waals surface area contributed by atoms with Gasteiger partial charge in [0.2, 0.25) is 0 Å². The largest absolute Gasteiger partial charge is 0.454 e. The monoisotopic (exact) mass is 404 g/mol. The SMILES string of the molecule is C=C(C)C(=O)OC(C)c1cccc2ccccc12.ClC(Cl)=C(Cl)Cl. The van der Waals surface area contributed by atoms with E-state index in [0.29, 0.717) is 5.57 Å². The average Bonchev–Trinajstić information content (AvgIpc) is 2.54. The lowest BCUT2D eigenvalue weighted by molar-refractivity contribution is -0.143. The highest BCUT2D eigenvalue weighted by molar-refractivity contribution is 6.67. The molecule has 2 nitrogen and oxygen atoms in total. The Hall–Kier alpha value is -1.19. The smallest absolute Gasteiger partial charge is 0.333 e. The Balaban J connectivity index is 0.000000413. The van der Waals surface area contributed by atoms with Crippen LogP contribution < -0.4 is 0 Å². The van der Waals surface area contributed by atoms with Crippen LogP contribution in [0.5, 0.6) is 0 Å². The molecular formula is C18H16Cl4O2. The number of hydrogen-bond acceptors (Lipinski definition) is 2. The van der Waals surface area contributed by atoms with Crippen LogP contribution in [0.1, 0.15) is 25.5 Å². The van der Waals surface area contributed by atoms with Gasteiger partial charge in [-0.05, 0) is 30.2 Å². The van der Waals surface area contributed by atoms with Crippen molar-refractivity contribution in [3.05, 3.63) is 69.2 Å². The zero-order valence-corrected chi connectivity index (χ0v) is 16.2. The van der Waals surface area contributed by atoms with Crippen LogP contribution in [-0.4, -0.2) is 5.97 Å². The van der Waals surface area contributed by atoms with Gasteiger partial charge in [0, 0.05) is 5.57 Å². The van der Waals surface area contributed by atoms with Crippen molar-refractivity contribution in [3.8, 4) is 0 Å². The molecule has 1 unspecified atom stereocenters. The molecule has 0 aliphatic rings. The number of rotatable bonds is 3. The molecule has 2 aromatic rings. The standard InChI is InChI=1S/C16H16O2.C2Cl4/c1-11(2)16(17)18-12(3)14-10-6-8-13-7-4-5-9-15(13)14;3-1(4)2(5)6/h4-10,12H,1H2,2-3H3;. The Labute approximate surface area is 161 Å². The fourth-order valence-corrected chi connectivity index (χ4v) is 1.93. The Morgan fingerprint density at radius 2 is 1.54 bits per heavy atom. The number of fused-ring (bicyclic) bond motifs is 1. The second-order valence-electron chi connectivity index (χ2n) is 4.92. The summed E-state index contributed by atoms with van der Waals surface area (Å²) in [6.07, 6.45) is -0.278. The van der Waals surface area contributed by atoms with Crippen LogP contribution in [0.15, 0.2) is 63.6 Å². The summed E-state index contributed by atoms with van der Waals surface area (Å²) in [4.78, 5) is 11.5. The van der Waals surface area contributed by atoms with Crippen molar-refractivity contribution in [2.24, 2.45) is 0 Å². The summed E-state index contributed by atoms with van der Waals surface area (Å²) in [5.41, 5.74) is 1.43. The number of hydrogen-bond donors (Lipinski definition) is 0. The molecule has 1 atom stereocenters. The van der Waals surface area contributed by atoms with Crippen LogP contribution in [0.2, 0.25) is 0 Å². The summed E-state index contributed by atoms with van der Waals surface area (Å²) in [5, 5.41) is 2.26. The maximum atomic E-state index is 11.5. The van der Waals surface area contributed by atoms with Crippen LogP contribution >= 0.6 is 46.4 Å². The molecule has 0 heterocycles. The average molecular weight is 406 g/mol. The topological polar surface area (TPSA) is 26.3 Å². The number of carbonyl (C=O) groups is 1. The molecule has 24 heavy (non-hydrogen) atoms. The maximum absolute atomic E-state index is 11.5. The summed E-state index contributed by atoms with van der Waals surface area (Å²) < 4.78 is 5.17. The fourth-order valence-electron chi connectivity index (χ4n) is 1.93. The minimum Gasteiger partial charge on any atom is -0.454 e. The number of carbonyl (C=O) groups excluding carboxylic acids is 1. The first-order chi connectivity index (χ1) is 11.2. The van der Waals surface area contributed by atoms with Crippen molar-refractivity contribution >= 4 is 63.1 Å². The van der Waals surface area contributed by atoms with Crippen molar-refractivity contribution < 1.29 is 9.53 Å². The van der Waals surface area contributed by atoms with Crippen molar-refractivity contribution in [3.63, 3.8) is 0 Å². The Kier molecular flexibility index (Phi) is 8.65. The van der Waals surface area contributed by atoms with E-state index in [2.05, 4.69) is 6.58 Å². The first-order valence-corrected chi connectivity index (χ1v) is 8.45. The molecule has 0 bridgehead atoms. The van der Waals surface area contributed by atoms with Gasteiger partial charge in [-0.2, -0.15) is 0 Å². The van der Waals surface area contributed by atoms with Gasteiger partial charge in [-0.3, -0.25) is 0 Å². The molecule has 0 spiro atoms. The molecule has 0 fully saturated rings. The van der Waals surface area contributed by atoms with E-state index in [4.69, 9.17) is 51.1 Å². The lowest BCUT2D eigenvalue weighted by Gasteiger charge is -2.15. The van der Waals surface area contributed by atoms with E-state index in [0.717, 1.165) is 16.3 Å². The predicted molar refractivity (Wildman–Crippen MR) is 104 cm³/mol. The quantitative estimate of drug-likeness (QED) is 0.402. The lowest BCUT2D eigenvalue weighted by Crippen LogP contribution is -2.09. The van der Waals surface area contributed by atoms with Crippen molar-refractivity contribution in [2.45, 2.75) is 20.0 Å². The predicted octanol–water partition coefficient (Wildman–Crippen LogP) is 7.09. The molecule has 0 saturated carbocycles. The second-order valence-corrected chi connectivity index (χ2v) is 6.82. The highest BCUT2D eigenvalue weighted by Crippen LogP contribution is 2.26. The van der Waals surface area contributed by atoms with E-state index in [1.165, 1.54) is 0 Å². The van der Waals surface area contributed by atoms with Gasteiger partial charge in [0.15, 0.2) is 0 Å². The van der Waals surface area contributed by atoms with Crippen LogP contribution in [0.3, 0.4) is 0 Å². The summed E-state index contributed by atoms with van der Waals surface area (Å²) in [6, 6.07) is 14.1. The van der Waals surface area contributed by atoms with E-state index in [9.17, 15) is 4.79 Å². The zero-order valence-electron chi connectivity index (χ0n) is 13.2. The lowest BCUT2D eigenvalue weighted by atomic mass is 10.0. The van der Waals surface area contributed by atoms with Crippen molar-refractivity contribution in [2.75, 3.05) is 0 Å². The molecule has 2 aromatic carbocycles. The van der Waals surface area contributed by atoms with Crippen LogP contribution in [0.25, 0.3) is 10.8 Å². The second kappa shape index (κ2) is 9.95. The molecule has 6 heteroatoms. The number of benzene rings is 2. The maximum Gasteiger partial charge on any atom is 0.333 e. The summed E-state index contributed by atoms with van der Waals surface area (Å²) in [7, 11) is 0. The zero-order chi connectivity index (χ0) is 18.3. The third-order valence-corrected chi connectivity index (χ3v) is 4.18. The van der Waals surface area contributed by atoms with E-state index in [-0.39, 0.29) is 21.1 Å². The molecule has 0 N–H and O–H groups in total. The van der Waals surface area contributed by atoms with E-state index >= 15 is 0 Å². The number of halogens is 4. The number of ether oxygens (including phenoxy) is 1. The summed E-state index contributed by atoms with van der Waals surface area (Å²) in [5.74, 6) is -0.351. The van der Waals surface area contributed by atoms with Crippen molar-refractivity contribution in [1.82, 2.24) is 0 Å². The first kappa shape index (κ1) is 20.9. The van der Waals surface area contributed by atoms with Crippen molar-refractivity contribution in [1.29, 1.82) is 0 Å². The van der Waals surface area contributed by atoms with E-state index < -0.39 is 0 Å². The molecule has 0 aliphatic carbocycles. The minimum absolute atomic E-state index is 0.0988. The van der Waals surface area contributed by atoms with Crippen LogP contribution in [-0.2, 0) is 9.53 Å². The molecule has 0 aromatic heterocycles. The van der Waals surface area contributed by atoms with Crippen LogP contribution in [0, 0.1) is 0 Å². The van der Waals surface area contributed by atoms with Gasteiger partial charge >= 0.3 is 5.97 Å². The molecule has 2 rings (SSSR count). The molecule has 0 radical (unpaired) electrons. The highest BCUT2D eigenvalue weighted by atomic mass is 35.5. The Morgan fingerprint density at radius 3 is 2.08 bits per heavy atom. The van der Waals surface area contributed by atoms with Gasteiger partial charge in [0.25, 0.3) is 0 Å². The van der Waals surface area contributed by atoms with Gasteiger partial charge in [-0.15, -0.1) is 0 Å². The van der Waals surface area contributed by atoms with Crippen LogP contribution in [0.4, 0.5) is 0 Å². The summed E-state index contributed by atoms with van der Waals surface area (Å²) in [6.45, 7) is 7.12. The molecular weight excluding hydrogens is 390 g/mol. The minimum atomic E-state index is -0.351. The third-order valence-electron chi connectivity index (χ3n) is 3.04. The van der Waals surface area contributed by atoms with E-state index in [1.807, 2.05) is 49.4 Å². The van der Waals surface area contributed by atoms with Gasteiger partial charge in [-0.1, -0.05) is 95.4 Å². The fraction of sp³-hybridized carbons (Fsp3) is 0.167. The number of esters is 1. The van der Waals surface area contributed by atoms with E-state index in [1.54, 1.807) is 6.92 Å². The normalized spacial score (nSPS) is 11.1. The Morgan fingerprint density at radius 1 is 1.00 bits per heavy atom. The summed E-state index contributed by atoms with van der Waals surface area (Å²) >= 11 is 20.0. The highest BCUT2D eigenvalue weighted by Gasteiger charge is 2.14. The van der Waals surface area contributed by atoms with Gasteiger partial charge < -0.3 is 4.74 Å². The molecule has 0 aliphatic heterocycles. The molecule has 0 saturated heterocycles. The van der Waals surface area contributed by atoms with Gasteiger partial charge in [-0.25, -0.2) is 4.79 Å². The van der Waals surface area contributed by atoms with Gasteiger partial charge in [0.1, 0.15) is 15.1 Å². The Bertz CT molecular complexity index is 745. The first-order valence-electron chi connectivity index (χ1n) is 6.94. The third kappa shape index (κ3) is 6.37. The molecule has 128 valence electrons. The van der Waals surface area contributed by atoms with Gasteiger partial charge in [0.05, 0.1) is 0 Å². The molecule has 0 amide bonds.